The summed E-state index contributed by atoms with van der Waals surface area (Å²) < 4.78 is 0. The Hall–Kier alpha value is -1.56. The highest BCUT2D eigenvalue weighted by atomic mass is 32.1. The molecule has 1 aromatic heterocycles. The van der Waals surface area contributed by atoms with Crippen molar-refractivity contribution in [1.29, 1.82) is 0 Å². The van der Waals surface area contributed by atoms with Gasteiger partial charge in [0, 0.05) is 4.88 Å². The molecule has 0 atom stereocenters. The molecule has 0 spiro atoms. The third-order valence-corrected chi connectivity index (χ3v) is 3.72. The van der Waals surface area contributed by atoms with Crippen molar-refractivity contribution >= 4 is 23.1 Å². The van der Waals surface area contributed by atoms with Gasteiger partial charge in [-0.15, -0.1) is 11.3 Å². The average molecular weight is 255 g/mol. The minimum atomic E-state index is -0.877. The lowest BCUT2D eigenvalue weighted by Crippen LogP contribution is -2.53. The molecule has 6 heteroatoms. The van der Waals surface area contributed by atoms with E-state index in [2.05, 4.69) is 10.5 Å². The number of oxime groups is 1. The second-order valence-corrected chi connectivity index (χ2v) is 5.67. The van der Waals surface area contributed by atoms with Crippen molar-refractivity contribution in [2.75, 3.05) is 0 Å². The van der Waals surface area contributed by atoms with Crippen LogP contribution < -0.4 is 11.1 Å². The highest BCUT2D eigenvalue weighted by molar-refractivity contribution is 7.14. The van der Waals surface area contributed by atoms with Crippen molar-refractivity contribution in [2.24, 2.45) is 10.9 Å². The zero-order valence-electron chi connectivity index (χ0n) is 10.4. The summed E-state index contributed by atoms with van der Waals surface area (Å²) in [5.74, 6) is -0.251. The van der Waals surface area contributed by atoms with E-state index in [0.29, 0.717) is 4.88 Å². The number of carbonyl (C=O) groups excluding carboxylic acids is 1. The largest absolute Gasteiger partial charge is 0.409 e. The van der Waals surface area contributed by atoms with Crippen LogP contribution >= 0.6 is 11.3 Å². The van der Waals surface area contributed by atoms with Crippen LogP contribution in [0.4, 0.5) is 0 Å². The van der Waals surface area contributed by atoms with Crippen molar-refractivity contribution in [3.63, 3.8) is 0 Å². The Bertz CT molecular complexity index is 444. The summed E-state index contributed by atoms with van der Waals surface area (Å²) >= 11 is 1.43. The van der Waals surface area contributed by atoms with Gasteiger partial charge >= 0.3 is 0 Å². The number of amides is 1. The molecule has 0 aliphatic rings. The number of hydrogen-bond donors (Lipinski definition) is 3. The van der Waals surface area contributed by atoms with Gasteiger partial charge in [-0.2, -0.15) is 0 Å². The lowest BCUT2D eigenvalue weighted by molar-refractivity contribution is 0.0935. The van der Waals surface area contributed by atoms with Gasteiger partial charge in [-0.05, 0) is 39.3 Å². The monoisotopic (exact) mass is 255 g/mol. The molecular weight excluding hydrogens is 238 g/mol. The van der Waals surface area contributed by atoms with Crippen molar-refractivity contribution in [1.82, 2.24) is 5.32 Å². The summed E-state index contributed by atoms with van der Waals surface area (Å²) in [6.07, 6.45) is 0. The Morgan fingerprint density at radius 3 is 2.53 bits per heavy atom. The SMILES string of the molecule is Cc1cc(C(=O)NC(C)(C)C(N)=NO)sc1C. The fourth-order valence-corrected chi connectivity index (χ4v) is 2.15. The van der Waals surface area contributed by atoms with Gasteiger partial charge in [0.25, 0.3) is 5.91 Å². The third kappa shape index (κ3) is 2.97. The Balaban J connectivity index is 2.86. The van der Waals surface area contributed by atoms with Crippen molar-refractivity contribution < 1.29 is 10.0 Å². The predicted octanol–water partition coefficient (Wildman–Crippen LogP) is 1.62. The Morgan fingerprint density at radius 1 is 1.53 bits per heavy atom. The molecule has 0 radical (unpaired) electrons. The normalized spacial score (nSPS) is 12.6. The Kier molecular flexibility index (Phi) is 3.77. The molecule has 0 aliphatic carbocycles. The van der Waals surface area contributed by atoms with E-state index >= 15 is 0 Å². The van der Waals surface area contributed by atoms with Crippen LogP contribution in [0.1, 0.15) is 34.0 Å². The highest BCUT2D eigenvalue weighted by Gasteiger charge is 2.26. The number of hydrogen-bond acceptors (Lipinski definition) is 4. The number of nitrogens with one attached hydrogen (secondary N) is 1. The number of carbonyl (C=O) groups is 1. The van der Waals surface area contributed by atoms with Gasteiger partial charge in [-0.3, -0.25) is 4.79 Å². The van der Waals surface area contributed by atoms with E-state index in [1.165, 1.54) is 11.3 Å². The molecule has 0 saturated carbocycles. The number of rotatable bonds is 3. The first-order valence-electron chi connectivity index (χ1n) is 5.15. The molecule has 1 aromatic rings. The number of aryl methyl sites for hydroxylation is 2. The number of nitrogens with zero attached hydrogens (tertiary/aromatic N) is 1. The van der Waals surface area contributed by atoms with Gasteiger partial charge in [0.15, 0.2) is 5.84 Å². The van der Waals surface area contributed by atoms with Crippen molar-refractivity contribution in [2.45, 2.75) is 33.2 Å². The van der Waals surface area contributed by atoms with Gasteiger partial charge in [-0.1, -0.05) is 5.16 Å². The van der Waals surface area contributed by atoms with Gasteiger partial charge in [0.1, 0.15) is 0 Å². The fourth-order valence-electron chi connectivity index (χ4n) is 1.22. The molecule has 0 fully saturated rings. The van der Waals surface area contributed by atoms with E-state index in [1.54, 1.807) is 13.8 Å². The minimum absolute atomic E-state index is 0.0316. The summed E-state index contributed by atoms with van der Waals surface area (Å²) in [4.78, 5) is 13.7. The molecule has 0 aliphatic heterocycles. The summed E-state index contributed by atoms with van der Waals surface area (Å²) in [5.41, 5.74) is 5.71. The predicted molar refractivity (Wildman–Crippen MR) is 68.7 cm³/mol. The topological polar surface area (TPSA) is 87.7 Å². The maximum atomic E-state index is 12.0. The molecule has 5 nitrogen and oxygen atoms in total. The van der Waals surface area contributed by atoms with Crippen molar-refractivity contribution in [3.8, 4) is 0 Å². The zero-order valence-corrected chi connectivity index (χ0v) is 11.2. The highest BCUT2D eigenvalue weighted by Crippen LogP contribution is 2.21. The summed E-state index contributed by atoms with van der Waals surface area (Å²) in [6.45, 7) is 7.27. The molecule has 0 aromatic carbocycles. The quantitative estimate of drug-likeness (QED) is 0.332. The molecule has 0 bridgehead atoms. The lowest BCUT2D eigenvalue weighted by Gasteiger charge is -2.24. The first-order valence-corrected chi connectivity index (χ1v) is 5.97. The standard InChI is InChI=1S/C11H17N3O2S/c1-6-5-8(17-7(6)2)9(15)13-11(3,4)10(12)14-16/h5,16H,1-4H3,(H2,12,14)(H,13,15). The molecule has 17 heavy (non-hydrogen) atoms. The van der Waals surface area contributed by atoms with Gasteiger partial charge in [-0.25, -0.2) is 0 Å². The lowest BCUT2D eigenvalue weighted by atomic mass is 10.0. The van der Waals surface area contributed by atoms with E-state index in [1.807, 2.05) is 19.9 Å². The number of thiophene rings is 1. The maximum Gasteiger partial charge on any atom is 0.262 e. The first kappa shape index (κ1) is 13.5. The summed E-state index contributed by atoms with van der Waals surface area (Å²) in [5, 5.41) is 14.2. The van der Waals surface area contributed by atoms with E-state index < -0.39 is 5.54 Å². The van der Waals surface area contributed by atoms with E-state index in [9.17, 15) is 4.79 Å². The van der Waals surface area contributed by atoms with Gasteiger partial charge in [0.05, 0.1) is 10.4 Å². The molecule has 1 rings (SSSR count). The summed E-state index contributed by atoms with van der Waals surface area (Å²) in [6, 6.07) is 1.83. The molecule has 0 saturated heterocycles. The molecule has 4 N–H and O–H groups in total. The zero-order chi connectivity index (χ0) is 13.2. The number of nitrogens with two attached hydrogens (primary N) is 1. The smallest absolute Gasteiger partial charge is 0.262 e. The number of amidine groups is 1. The van der Waals surface area contributed by atoms with E-state index in [0.717, 1.165) is 10.4 Å². The molecule has 1 heterocycles. The Labute approximate surface area is 104 Å². The molecule has 1 amide bonds. The second kappa shape index (κ2) is 4.75. The third-order valence-electron chi connectivity index (χ3n) is 2.56. The van der Waals surface area contributed by atoms with Crippen LogP contribution in [0.5, 0.6) is 0 Å². The van der Waals surface area contributed by atoms with Crippen LogP contribution in [-0.4, -0.2) is 22.5 Å². The van der Waals surface area contributed by atoms with Crippen LogP contribution in [-0.2, 0) is 0 Å². The fraction of sp³-hybridized carbons (Fsp3) is 0.455. The average Bonchev–Trinajstić information content (AvgIpc) is 2.57. The van der Waals surface area contributed by atoms with Crippen LogP contribution in [0.15, 0.2) is 11.2 Å². The van der Waals surface area contributed by atoms with Crippen LogP contribution in [0.25, 0.3) is 0 Å². The van der Waals surface area contributed by atoms with Crippen LogP contribution in [0.3, 0.4) is 0 Å². The van der Waals surface area contributed by atoms with E-state index in [4.69, 9.17) is 10.9 Å². The minimum Gasteiger partial charge on any atom is -0.409 e. The van der Waals surface area contributed by atoms with Gasteiger partial charge < -0.3 is 16.3 Å². The molecule has 94 valence electrons. The second-order valence-electron chi connectivity index (χ2n) is 4.41. The van der Waals surface area contributed by atoms with Crippen molar-refractivity contribution in [3.05, 3.63) is 21.4 Å². The molecular formula is C11H17N3O2S. The molecule has 0 unspecified atom stereocenters. The van der Waals surface area contributed by atoms with Gasteiger partial charge in [0.2, 0.25) is 0 Å². The first-order chi connectivity index (χ1) is 7.77. The van der Waals surface area contributed by atoms with Crippen LogP contribution in [0.2, 0.25) is 0 Å². The van der Waals surface area contributed by atoms with E-state index in [-0.39, 0.29) is 11.7 Å². The summed E-state index contributed by atoms with van der Waals surface area (Å²) in [7, 11) is 0. The van der Waals surface area contributed by atoms with Crippen LogP contribution in [0, 0.1) is 13.8 Å². The maximum absolute atomic E-state index is 12.0. The Morgan fingerprint density at radius 2 is 2.12 bits per heavy atom.